The number of hydrogen-bond donors (Lipinski definition) is 0. The highest BCUT2D eigenvalue weighted by Crippen LogP contribution is 2.41. The first-order valence-electron chi connectivity index (χ1n) is 18.2. The van der Waals surface area contributed by atoms with E-state index in [0.717, 1.165) is 61.1 Å². The summed E-state index contributed by atoms with van der Waals surface area (Å²) in [7, 11) is 0. The molecule has 11 rings (SSSR count). The van der Waals surface area contributed by atoms with Crippen molar-refractivity contribution in [3.8, 4) is 50.6 Å². The Bertz CT molecular complexity index is 3210. The fraction of sp³-hybridized carbons (Fsp3) is 0. The summed E-state index contributed by atoms with van der Waals surface area (Å²) in [6.45, 7) is 0. The minimum atomic E-state index is 0.578. The van der Waals surface area contributed by atoms with Crippen molar-refractivity contribution in [2.24, 2.45) is 0 Å². The maximum absolute atomic E-state index is 6.42. The Labute approximate surface area is 311 Å². The van der Waals surface area contributed by atoms with Crippen LogP contribution in [-0.2, 0) is 0 Å². The number of para-hydroxylation sites is 2. The van der Waals surface area contributed by atoms with Gasteiger partial charge in [0.2, 0.25) is 5.71 Å². The van der Waals surface area contributed by atoms with Gasteiger partial charge in [0.15, 0.2) is 5.82 Å². The molecule has 0 radical (unpaired) electrons. The topological polar surface area (TPSA) is 43.9 Å². The highest BCUT2D eigenvalue weighted by molar-refractivity contribution is 6.22. The fourth-order valence-electron chi connectivity index (χ4n) is 8.10. The summed E-state index contributed by atoms with van der Waals surface area (Å²) in [5.41, 5.74) is 12.2. The highest BCUT2D eigenvalue weighted by Gasteiger charge is 2.20. The normalized spacial score (nSPS) is 11.7. The summed E-state index contributed by atoms with van der Waals surface area (Å²) < 4.78 is 8.79. The molecule has 252 valence electrons. The Morgan fingerprint density at radius 2 is 1.02 bits per heavy atom. The lowest BCUT2D eigenvalue weighted by Crippen LogP contribution is -1.95. The van der Waals surface area contributed by atoms with E-state index in [4.69, 9.17) is 14.4 Å². The van der Waals surface area contributed by atoms with E-state index in [1.165, 1.54) is 32.6 Å². The van der Waals surface area contributed by atoms with E-state index in [-0.39, 0.29) is 0 Å². The van der Waals surface area contributed by atoms with Gasteiger partial charge < -0.3 is 8.98 Å². The van der Waals surface area contributed by atoms with Crippen LogP contribution in [0.2, 0.25) is 0 Å². The first kappa shape index (κ1) is 30.3. The lowest BCUT2D eigenvalue weighted by molar-refractivity contribution is 0.653. The van der Waals surface area contributed by atoms with E-state index in [2.05, 4.69) is 168 Å². The molecule has 0 N–H and O–H groups in total. The molecule has 4 nitrogen and oxygen atoms in total. The SMILES string of the molecule is c1ccc(-c2cccc(-c3nc(-c4cccc(-c5ccc6c(c5)c5c7ccccc7ccc5n6-c5ccccc5)c4)nc4oc5ccccc5c34)c2)cc1. The van der Waals surface area contributed by atoms with Crippen LogP contribution in [0.5, 0.6) is 0 Å². The first-order chi connectivity index (χ1) is 26.8. The van der Waals surface area contributed by atoms with E-state index in [0.29, 0.717) is 11.5 Å². The van der Waals surface area contributed by atoms with Crippen LogP contribution in [0.1, 0.15) is 0 Å². The van der Waals surface area contributed by atoms with Crippen LogP contribution in [0.3, 0.4) is 0 Å². The third-order valence-corrected chi connectivity index (χ3v) is 10.6. The molecule has 11 aromatic rings. The van der Waals surface area contributed by atoms with Gasteiger partial charge in [0.05, 0.1) is 22.1 Å². The molecule has 0 atom stereocenters. The molecule has 0 spiro atoms. The highest BCUT2D eigenvalue weighted by atomic mass is 16.3. The van der Waals surface area contributed by atoms with Gasteiger partial charge in [-0.3, -0.25) is 0 Å². The van der Waals surface area contributed by atoms with Gasteiger partial charge in [-0.15, -0.1) is 0 Å². The lowest BCUT2D eigenvalue weighted by Gasteiger charge is -2.10. The van der Waals surface area contributed by atoms with E-state index in [9.17, 15) is 0 Å². The Hall–Kier alpha value is -7.30. The second-order valence-corrected chi connectivity index (χ2v) is 13.8. The second-order valence-electron chi connectivity index (χ2n) is 13.8. The molecule has 0 fully saturated rings. The maximum Gasteiger partial charge on any atom is 0.231 e. The predicted octanol–water partition coefficient (Wildman–Crippen LogP) is 13.3. The van der Waals surface area contributed by atoms with Gasteiger partial charge >= 0.3 is 0 Å². The molecule has 0 saturated heterocycles. The molecule has 4 heteroatoms. The summed E-state index contributed by atoms with van der Waals surface area (Å²) in [6.07, 6.45) is 0. The van der Waals surface area contributed by atoms with Gasteiger partial charge in [0.25, 0.3) is 0 Å². The van der Waals surface area contributed by atoms with Crippen LogP contribution >= 0.6 is 0 Å². The number of aromatic nitrogens is 3. The standard InChI is InChI=1S/C50H31N3O/c1-3-13-32(14-4-1)34-16-11-18-37(29-34)48-47-41-23-9-10-24-45(41)54-50(47)52-49(51-48)38-19-12-17-35(30-38)36-26-27-43-42(31-36)46-40-22-8-7-15-33(40)25-28-44(46)53(43)39-20-5-2-6-21-39/h1-31H. The number of furan rings is 1. The van der Waals surface area contributed by atoms with Crippen LogP contribution in [0, 0.1) is 0 Å². The van der Waals surface area contributed by atoms with E-state index >= 15 is 0 Å². The van der Waals surface area contributed by atoms with Gasteiger partial charge in [0, 0.05) is 33.0 Å². The van der Waals surface area contributed by atoms with Crippen molar-refractivity contribution in [2.75, 3.05) is 0 Å². The zero-order valence-electron chi connectivity index (χ0n) is 29.1. The summed E-state index contributed by atoms with van der Waals surface area (Å²) in [6, 6.07) is 66.3. The zero-order chi connectivity index (χ0) is 35.6. The summed E-state index contributed by atoms with van der Waals surface area (Å²) >= 11 is 0. The molecular formula is C50H31N3O. The summed E-state index contributed by atoms with van der Waals surface area (Å²) in [4.78, 5) is 10.4. The number of fused-ring (bicyclic) bond motifs is 8. The molecular weight excluding hydrogens is 659 g/mol. The minimum Gasteiger partial charge on any atom is -0.438 e. The van der Waals surface area contributed by atoms with Crippen molar-refractivity contribution < 1.29 is 4.42 Å². The van der Waals surface area contributed by atoms with Crippen LogP contribution < -0.4 is 0 Å². The molecule has 0 saturated carbocycles. The van der Waals surface area contributed by atoms with E-state index < -0.39 is 0 Å². The quantitative estimate of drug-likeness (QED) is 0.181. The Kier molecular flexibility index (Phi) is 6.82. The third kappa shape index (κ3) is 4.85. The smallest absolute Gasteiger partial charge is 0.231 e. The Morgan fingerprint density at radius 1 is 0.389 bits per heavy atom. The van der Waals surface area contributed by atoms with E-state index in [1.807, 2.05) is 24.3 Å². The number of nitrogens with zero attached hydrogens (tertiary/aromatic N) is 3. The lowest BCUT2D eigenvalue weighted by atomic mass is 9.98. The molecule has 3 heterocycles. The van der Waals surface area contributed by atoms with Crippen molar-refractivity contribution in [1.29, 1.82) is 0 Å². The van der Waals surface area contributed by atoms with Crippen LogP contribution in [0.15, 0.2) is 192 Å². The molecule has 0 aliphatic heterocycles. The molecule has 0 aliphatic carbocycles. The first-order valence-corrected chi connectivity index (χ1v) is 18.2. The van der Waals surface area contributed by atoms with Crippen LogP contribution in [0.25, 0.3) is 105 Å². The number of rotatable bonds is 5. The molecule has 0 aliphatic rings. The largest absolute Gasteiger partial charge is 0.438 e. The van der Waals surface area contributed by atoms with Gasteiger partial charge in [-0.25, -0.2) is 4.98 Å². The van der Waals surface area contributed by atoms with E-state index in [1.54, 1.807) is 0 Å². The van der Waals surface area contributed by atoms with Crippen LogP contribution in [-0.4, -0.2) is 14.5 Å². The Morgan fingerprint density at radius 3 is 1.87 bits per heavy atom. The van der Waals surface area contributed by atoms with Crippen molar-refractivity contribution in [1.82, 2.24) is 14.5 Å². The molecule has 0 unspecified atom stereocenters. The van der Waals surface area contributed by atoms with Gasteiger partial charge in [-0.1, -0.05) is 140 Å². The van der Waals surface area contributed by atoms with Crippen molar-refractivity contribution in [3.05, 3.63) is 188 Å². The second kappa shape index (κ2) is 12.1. The Balaban J connectivity index is 1.09. The average molecular weight is 690 g/mol. The maximum atomic E-state index is 6.42. The van der Waals surface area contributed by atoms with Crippen molar-refractivity contribution >= 4 is 54.6 Å². The molecule has 3 aromatic heterocycles. The number of benzene rings is 8. The predicted molar refractivity (Wildman–Crippen MR) is 223 cm³/mol. The van der Waals surface area contributed by atoms with Crippen molar-refractivity contribution in [3.63, 3.8) is 0 Å². The average Bonchev–Trinajstić information content (AvgIpc) is 3.80. The zero-order valence-corrected chi connectivity index (χ0v) is 29.1. The summed E-state index contributed by atoms with van der Waals surface area (Å²) in [5, 5.41) is 6.87. The molecule has 8 aromatic carbocycles. The number of hydrogen-bond acceptors (Lipinski definition) is 3. The fourth-order valence-corrected chi connectivity index (χ4v) is 8.10. The monoisotopic (exact) mass is 689 g/mol. The van der Waals surface area contributed by atoms with Gasteiger partial charge in [-0.05, 0) is 81.6 Å². The summed E-state index contributed by atoms with van der Waals surface area (Å²) in [5.74, 6) is 0.622. The van der Waals surface area contributed by atoms with Gasteiger partial charge in [-0.2, -0.15) is 4.98 Å². The third-order valence-electron chi connectivity index (χ3n) is 10.6. The minimum absolute atomic E-state index is 0.578. The molecule has 0 bridgehead atoms. The van der Waals surface area contributed by atoms with Crippen LogP contribution in [0.4, 0.5) is 0 Å². The van der Waals surface area contributed by atoms with Gasteiger partial charge in [0.1, 0.15) is 5.58 Å². The van der Waals surface area contributed by atoms with Crippen molar-refractivity contribution in [2.45, 2.75) is 0 Å². The molecule has 54 heavy (non-hydrogen) atoms. The molecule has 0 amide bonds.